The van der Waals surface area contributed by atoms with Gasteiger partial charge in [0.2, 0.25) is 0 Å². The minimum Gasteiger partial charge on any atom is -0.339 e. The average Bonchev–Trinajstić information content (AvgIpc) is 2.94. The molecule has 4 heteroatoms. The first-order valence-corrected chi connectivity index (χ1v) is 8.83. The van der Waals surface area contributed by atoms with Crippen LogP contribution < -0.4 is 0 Å². The largest absolute Gasteiger partial charge is 0.339 e. The van der Waals surface area contributed by atoms with Crippen molar-refractivity contribution in [2.75, 3.05) is 27.4 Å². The molecule has 3 nitrogen and oxygen atoms in total. The number of thioether (sulfide) groups is 1. The molecule has 1 aromatic rings. The van der Waals surface area contributed by atoms with E-state index in [9.17, 15) is 4.79 Å². The second-order valence-corrected chi connectivity index (χ2v) is 7.32. The molecule has 21 heavy (non-hydrogen) atoms. The lowest BCUT2D eigenvalue weighted by Crippen LogP contribution is -2.35. The van der Waals surface area contributed by atoms with Crippen LogP contribution in [0.2, 0.25) is 0 Å². The Morgan fingerprint density at radius 2 is 2.05 bits per heavy atom. The molecule has 1 amide bonds. The second kappa shape index (κ2) is 7.32. The van der Waals surface area contributed by atoms with E-state index < -0.39 is 0 Å². The number of carbonyl (C=O) groups is 1. The van der Waals surface area contributed by atoms with Gasteiger partial charge in [-0.2, -0.15) is 11.8 Å². The molecule has 1 saturated carbocycles. The Kier molecular flexibility index (Phi) is 5.71. The topological polar surface area (TPSA) is 23.6 Å². The molecule has 0 unspecified atom stereocenters. The van der Waals surface area contributed by atoms with Crippen molar-refractivity contribution in [3.05, 3.63) is 35.4 Å². The highest BCUT2D eigenvalue weighted by atomic mass is 32.2. The Balaban J connectivity index is 2.05. The third-order valence-corrected chi connectivity index (χ3v) is 5.33. The van der Waals surface area contributed by atoms with Crippen LogP contribution in [0.1, 0.15) is 35.2 Å². The number of hydrogen-bond acceptors (Lipinski definition) is 3. The van der Waals surface area contributed by atoms with Crippen LogP contribution >= 0.6 is 11.8 Å². The molecule has 0 bridgehead atoms. The van der Waals surface area contributed by atoms with Crippen molar-refractivity contribution >= 4 is 17.7 Å². The Morgan fingerprint density at radius 3 is 2.67 bits per heavy atom. The van der Waals surface area contributed by atoms with Crippen LogP contribution in [0.5, 0.6) is 0 Å². The molecular weight excluding hydrogens is 280 g/mol. The van der Waals surface area contributed by atoms with E-state index in [1.165, 1.54) is 12.0 Å². The van der Waals surface area contributed by atoms with Crippen molar-refractivity contribution in [1.82, 2.24) is 9.80 Å². The van der Waals surface area contributed by atoms with Gasteiger partial charge in [0.1, 0.15) is 0 Å². The maximum atomic E-state index is 12.7. The molecule has 116 valence electrons. The molecule has 1 fully saturated rings. The van der Waals surface area contributed by atoms with Gasteiger partial charge in [-0.05, 0) is 57.3 Å². The van der Waals surface area contributed by atoms with Crippen LogP contribution in [0, 0.1) is 0 Å². The van der Waals surface area contributed by atoms with Crippen LogP contribution in [0.4, 0.5) is 0 Å². The predicted octanol–water partition coefficient (Wildman–Crippen LogP) is 3.10. The van der Waals surface area contributed by atoms with E-state index in [2.05, 4.69) is 17.2 Å². The average molecular weight is 306 g/mol. The fourth-order valence-electron chi connectivity index (χ4n) is 3.02. The molecule has 0 heterocycles. The molecule has 0 saturated heterocycles. The highest BCUT2D eigenvalue weighted by molar-refractivity contribution is 7.99. The van der Waals surface area contributed by atoms with E-state index in [1.807, 2.05) is 56.0 Å². The van der Waals surface area contributed by atoms with Gasteiger partial charge in [-0.15, -0.1) is 0 Å². The van der Waals surface area contributed by atoms with E-state index in [0.717, 1.165) is 24.9 Å². The van der Waals surface area contributed by atoms with Crippen molar-refractivity contribution < 1.29 is 4.79 Å². The summed E-state index contributed by atoms with van der Waals surface area (Å²) in [5.41, 5.74) is 2.00. The molecule has 0 aromatic heterocycles. The fraction of sp³-hybridized carbons (Fsp3) is 0.588. The lowest BCUT2D eigenvalue weighted by Gasteiger charge is -2.25. The summed E-state index contributed by atoms with van der Waals surface area (Å²) in [7, 11) is 6.04. The van der Waals surface area contributed by atoms with Gasteiger partial charge in [0.05, 0.1) is 0 Å². The summed E-state index contributed by atoms with van der Waals surface area (Å²) in [4.78, 5) is 16.7. The molecule has 1 aliphatic rings. The van der Waals surface area contributed by atoms with Crippen molar-refractivity contribution in [2.24, 2.45) is 0 Å². The lowest BCUT2D eigenvalue weighted by atomic mass is 10.1. The minimum atomic E-state index is 0.155. The van der Waals surface area contributed by atoms with Gasteiger partial charge in [0.15, 0.2) is 0 Å². The van der Waals surface area contributed by atoms with Gasteiger partial charge in [-0.3, -0.25) is 4.79 Å². The first-order chi connectivity index (χ1) is 10.0. The highest BCUT2D eigenvalue weighted by Crippen LogP contribution is 2.31. The third kappa shape index (κ3) is 4.24. The summed E-state index contributed by atoms with van der Waals surface area (Å²) in [6, 6.07) is 8.42. The Labute approximate surface area is 132 Å². The van der Waals surface area contributed by atoms with E-state index >= 15 is 0 Å². The Hall–Kier alpha value is -1.00. The van der Waals surface area contributed by atoms with E-state index in [0.29, 0.717) is 11.3 Å². The van der Waals surface area contributed by atoms with Crippen LogP contribution in [0.25, 0.3) is 0 Å². The van der Waals surface area contributed by atoms with Gasteiger partial charge in [-0.1, -0.05) is 12.1 Å². The van der Waals surface area contributed by atoms with Crippen LogP contribution in [0.3, 0.4) is 0 Å². The summed E-state index contributed by atoms with van der Waals surface area (Å²) in [6.45, 7) is 0.864. The zero-order chi connectivity index (χ0) is 15.4. The molecule has 0 spiro atoms. The van der Waals surface area contributed by atoms with Crippen molar-refractivity contribution in [1.29, 1.82) is 0 Å². The quantitative estimate of drug-likeness (QED) is 0.835. The molecule has 0 N–H and O–H groups in total. The number of carbonyl (C=O) groups excluding carboxylic acids is 1. The zero-order valence-corrected chi connectivity index (χ0v) is 14.3. The summed E-state index contributed by atoms with van der Waals surface area (Å²) in [6.07, 6.45) is 5.65. The maximum absolute atomic E-state index is 12.7. The molecular formula is C17H26N2OS. The number of hydrogen-bond donors (Lipinski definition) is 0. The normalized spacial score (nSPS) is 21.8. The van der Waals surface area contributed by atoms with Crippen molar-refractivity contribution in [3.63, 3.8) is 0 Å². The number of amides is 1. The monoisotopic (exact) mass is 306 g/mol. The maximum Gasteiger partial charge on any atom is 0.253 e. The Morgan fingerprint density at radius 1 is 1.29 bits per heavy atom. The molecule has 2 atom stereocenters. The first-order valence-electron chi connectivity index (χ1n) is 7.55. The van der Waals surface area contributed by atoms with Crippen LogP contribution in [-0.2, 0) is 6.54 Å². The predicted molar refractivity (Wildman–Crippen MR) is 90.9 cm³/mol. The standard InChI is InChI=1S/C17H26N2OS/c1-18(2)12-13-6-5-7-14(10-13)17(20)19(3)15-8-9-16(11-15)21-4/h5-7,10,15-16H,8-9,11-12H2,1-4H3/t15-,16+/m0/s1. The van der Waals surface area contributed by atoms with E-state index in [-0.39, 0.29) is 5.91 Å². The highest BCUT2D eigenvalue weighted by Gasteiger charge is 2.29. The minimum absolute atomic E-state index is 0.155. The van der Waals surface area contributed by atoms with E-state index in [4.69, 9.17) is 0 Å². The molecule has 0 aliphatic heterocycles. The van der Waals surface area contributed by atoms with Gasteiger partial charge in [0.25, 0.3) is 5.91 Å². The molecule has 2 rings (SSSR count). The summed E-state index contributed by atoms with van der Waals surface area (Å²) >= 11 is 1.93. The summed E-state index contributed by atoms with van der Waals surface area (Å²) in [5.74, 6) is 0.155. The van der Waals surface area contributed by atoms with Crippen LogP contribution in [0.15, 0.2) is 24.3 Å². The second-order valence-electron chi connectivity index (χ2n) is 6.18. The number of benzene rings is 1. The molecule has 0 radical (unpaired) electrons. The van der Waals surface area contributed by atoms with Crippen molar-refractivity contribution in [3.8, 4) is 0 Å². The zero-order valence-electron chi connectivity index (χ0n) is 13.5. The molecule has 1 aliphatic carbocycles. The smallest absolute Gasteiger partial charge is 0.253 e. The van der Waals surface area contributed by atoms with Crippen LogP contribution in [-0.4, -0.2) is 54.4 Å². The lowest BCUT2D eigenvalue weighted by molar-refractivity contribution is 0.0735. The first kappa shape index (κ1) is 16.4. The third-order valence-electron chi connectivity index (χ3n) is 4.23. The summed E-state index contributed by atoms with van der Waals surface area (Å²) < 4.78 is 0. The number of rotatable bonds is 5. The fourth-order valence-corrected chi connectivity index (χ4v) is 3.81. The van der Waals surface area contributed by atoms with Gasteiger partial charge >= 0.3 is 0 Å². The van der Waals surface area contributed by atoms with Gasteiger partial charge < -0.3 is 9.80 Å². The van der Waals surface area contributed by atoms with Gasteiger partial charge in [-0.25, -0.2) is 0 Å². The molecule has 1 aromatic carbocycles. The Bertz CT molecular complexity index is 489. The number of nitrogens with zero attached hydrogens (tertiary/aromatic N) is 2. The summed E-state index contributed by atoms with van der Waals surface area (Å²) in [5, 5.41) is 0.713. The van der Waals surface area contributed by atoms with Crippen molar-refractivity contribution in [2.45, 2.75) is 37.1 Å². The van der Waals surface area contributed by atoms with E-state index in [1.54, 1.807) is 0 Å². The SMILES string of the molecule is CS[C@@H]1CC[C@H](N(C)C(=O)c2cccc(CN(C)C)c2)C1. The van der Waals surface area contributed by atoms with Gasteiger partial charge in [0, 0.05) is 30.4 Å².